The van der Waals surface area contributed by atoms with E-state index in [1.165, 1.54) is 4.90 Å². The molecule has 5 nitrogen and oxygen atoms in total. The summed E-state index contributed by atoms with van der Waals surface area (Å²) in [7, 11) is 1.60. The van der Waals surface area contributed by atoms with Gasteiger partial charge in [0.15, 0.2) is 0 Å². The Bertz CT molecular complexity index is 178. The summed E-state index contributed by atoms with van der Waals surface area (Å²) in [5.41, 5.74) is 5.12. The Labute approximate surface area is 72.4 Å². The number of amides is 2. The van der Waals surface area contributed by atoms with E-state index in [1.54, 1.807) is 7.05 Å². The molecule has 0 unspecified atom stereocenters. The average molecular weight is 172 g/mol. The first-order valence-corrected chi connectivity index (χ1v) is 3.78. The van der Waals surface area contributed by atoms with E-state index in [0.717, 1.165) is 0 Å². The number of carbonyl (C=O) groups excluding carboxylic acids is 1. The summed E-state index contributed by atoms with van der Waals surface area (Å²) >= 11 is 0. The van der Waals surface area contributed by atoms with Crippen molar-refractivity contribution in [1.82, 2.24) is 10.2 Å². The van der Waals surface area contributed by atoms with Crippen molar-refractivity contribution in [2.24, 2.45) is 5.73 Å². The van der Waals surface area contributed by atoms with E-state index in [4.69, 9.17) is 11.1 Å². The van der Waals surface area contributed by atoms with Gasteiger partial charge in [0, 0.05) is 13.1 Å². The average Bonchev–Trinajstić information content (AvgIpc) is 1.84. The van der Waals surface area contributed by atoms with Gasteiger partial charge in [0.05, 0.1) is 6.54 Å². The van der Waals surface area contributed by atoms with Gasteiger partial charge in [0.2, 0.25) is 0 Å². The minimum Gasteiger partial charge on any atom is -0.386 e. The lowest BCUT2D eigenvalue weighted by atomic mass is 10.4. The predicted octanol–water partition coefficient (Wildman–Crippen LogP) is -0.0278. The molecule has 70 valence electrons. The van der Waals surface area contributed by atoms with Crippen molar-refractivity contribution >= 4 is 11.9 Å². The maximum Gasteiger partial charge on any atom is 0.317 e. The zero-order valence-corrected chi connectivity index (χ0v) is 7.72. The van der Waals surface area contributed by atoms with Gasteiger partial charge in [-0.25, -0.2) is 4.79 Å². The third-order valence-electron chi connectivity index (χ3n) is 1.17. The van der Waals surface area contributed by atoms with Crippen LogP contribution in [-0.4, -0.2) is 36.4 Å². The molecular formula is C7H16N4O. The highest BCUT2D eigenvalue weighted by Gasteiger charge is 2.09. The first-order valence-electron chi connectivity index (χ1n) is 3.78. The molecule has 0 atom stereocenters. The highest BCUT2D eigenvalue weighted by molar-refractivity contribution is 5.84. The largest absolute Gasteiger partial charge is 0.386 e. The van der Waals surface area contributed by atoms with Crippen LogP contribution in [0.4, 0.5) is 4.79 Å². The van der Waals surface area contributed by atoms with Crippen molar-refractivity contribution in [2.45, 2.75) is 19.9 Å². The number of rotatable bonds is 3. The SMILES string of the molecule is CC(C)NC(=O)N(C)CC(=N)N. The second-order valence-corrected chi connectivity index (χ2v) is 2.99. The summed E-state index contributed by atoms with van der Waals surface area (Å²) in [5, 5.41) is 9.64. The minimum absolute atomic E-state index is 0.0172. The summed E-state index contributed by atoms with van der Waals surface area (Å²) < 4.78 is 0. The summed E-state index contributed by atoms with van der Waals surface area (Å²) in [6, 6.07) is -0.105. The Morgan fingerprint density at radius 2 is 2.17 bits per heavy atom. The van der Waals surface area contributed by atoms with Crippen LogP contribution >= 0.6 is 0 Å². The molecule has 0 aliphatic heterocycles. The molecule has 2 amide bonds. The van der Waals surface area contributed by atoms with Gasteiger partial charge < -0.3 is 16.0 Å². The van der Waals surface area contributed by atoms with Gasteiger partial charge in [-0.15, -0.1) is 0 Å². The fraction of sp³-hybridized carbons (Fsp3) is 0.714. The summed E-state index contributed by atoms with van der Waals surface area (Å²) in [5.74, 6) is -0.0172. The monoisotopic (exact) mass is 172 g/mol. The predicted molar refractivity (Wildman–Crippen MR) is 48.2 cm³/mol. The lowest BCUT2D eigenvalue weighted by molar-refractivity contribution is 0.211. The van der Waals surface area contributed by atoms with Gasteiger partial charge in [0.1, 0.15) is 5.84 Å². The molecule has 4 N–H and O–H groups in total. The molecule has 0 aromatic rings. The topological polar surface area (TPSA) is 82.2 Å². The first kappa shape index (κ1) is 10.7. The fourth-order valence-corrected chi connectivity index (χ4v) is 0.684. The van der Waals surface area contributed by atoms with Crippen molar-refractivity contribution in [3.63, 3.8) is 0 Å². The summed E-state index contributed by atoms with van der Waals surface area (Å²) in [4.78, 5) is 12.5. The maximum absolute atomic E-state index is 11.2. The van der Waals surface area contributed by atoms with E-state index in [0.29, 0.717) is 0 Å². The number of nitrogens with zero attached hydrogens (tertiary/aromatic N) is 1. The molecule has 0 aromatic heterocycles. The van der Waals surface area contributed by atoms with E-state index in [9.17, 15) is 4.79 Å². The number of nitrogens with two attached hydrogens (primary N) is 1. The van der Waals surface area contributed by atoms with Crippen LogP contribution in [0.5, 0.6) is 0 Å². The van der Waals surface area contributed by atoms with Gasteiger partial charge in [-0.3, -0.25) is 5.41 Å². The number of urea groups is 1. The molecule has 0 rings (SSSR count). The van der Waals surface area contributed by atoms with Gasteiger partial charge in [-0.05, 0) is 13.8 Å². The van der Waals surface area contributed by atoms with E-state index < -0.39 is 0 Å². The minimum atomic E-state index is -0.208. The number of nitrogens with one attached hydrogen (secondary N) is 2. The lowest BCUT2D eigenvalue weighted by Crippen LogP contribution is -2.44. The molecule has 0 aromatic carbocycles. The van der Waals surface area contributed by atoms with Gasteiger partial charge >= 0.3 is 6.03 Å². The quantitative estimate of drug-likeness (QED) is 0.413. The molecule has 0 bridgehead atoms. The van der Waals surface area contributed by atoms with E-state index in [2.05, 4.69) is 5.32 Å². The first-order chi connectivity index (χ1) is 5.43. The molecule has 0 radical (unpaired) electrons. The molecule has 12 heavy (non-hydrogen) atoms. The molecule has 0 aliphatic carbocycles. The number of likely N-dealkylation sites (N-methyl/N-ethyl adjacent to an activating group) is 1. The Kier molecular flexibility index (Phi) is 4.10. The molecule has 0 saturated heterocycles. The van der Waals surface area contributed by atoms with Crippen molar-refractivity contribution in [2.75, 3.05) is 13.6 Å². The van der Waals surface area contributed by atoms with Crippen LogP contribution in [0.25, 0.3) is 0 Å². The smallest absolute Gasteiger partial charge is 0.317 e. The van der Waals surface area contributed by atoms with Gasteiger partial charge in [0.25, 0.3) is 0 Å². The fourth-order valence-electron chi connectivity index (χ4n) is 0.684. The van der Waals surface area contributed by atoms with E-state index in [-0.39, 0.29) is 24.5 Å². The Morgan fingerprint density at radius 3 is 2.50 bits per heavy atom. The number of hydrogen-bond acceptors (Lipinski definition) is 2. The molecule has 0 spiro atoms. The third-order valence-corrected chi connectivity index (χ3v) is 1.17. The highest BCUT2D eigenvalue weighted by Crippen LogP contribution is 1.85. The van der Waals surface area contributed by atoms with Gasteiger partial charge in [-0.2, -0.15) is 0 Å². The number of hydrogen-bond donors (Lipinski definition) is 3. The van der Waals surface area contributed by atoms with Crippen molar-refractivity contribution < 1.29 is 4.79 Å². The molecule has 5 heteroatoms. The van der Waals surface area contributed by atoms with Crippen LogP contribution in [-0.2, 0) is 0 Å². The van der Waals surface area contributed by atoms with Gasteiger partial charge in [-0.1, -0.05) is 0 Å². The Balaban J connectivity index is 3.85. The molecule has 0 heterocycles. The molecule has 0 fully saturated rings. The Hall–Kier alpha value is -1.26. The molecule has 0 aliphatic rings. The second kappa shape index (κ2) is 4.58. The van der Waals surface area contributed by atoms with Crippen LogP contribution in [0.1, 0.15) is 13.8 Å². The van der Waals surface area contributed by atoms with E-state index >= 15 is 0 Å². The van der Waals surface area contributed by atoms with E-state index in [1.807, 2.05) is 13.8 Å². The second-order valence-electron chi connectivity index (χ2n) is 2.99. The zero-order valence-electron chi connectivity index (χ0n) is 7.72. The van der Waals surface area contributed by atoms with Crippen LogP contribution < -0.4 is 11.1 Å². The molecule has 0 saturated carbocycles. The van der Waals surface area contributed by atoms with Crippen molar-refractivity contribution in [3.05, 3.63) is 0 Å². The number of carbonyl (C=O) groups is 1. The Morgan fingerprint density at radius 1 is 1.67 bits per heavy atom. The van der Waals surface area contributed by atoms with Crippen molar-refractivity contribution in [3.8, 4) is 0 Å². The van der Waals surface area contributed by atoms with Crippen LogP contribution in [0.3, 0.4) is 0 Å². The highest BCUT2D eigenvalue weighted by atomic mass is 16.2. The van der Waals surface area contributed by atoms with Crippen LogP contribution in [0.2, 0.25) is 0 Å². The summed E-state index contributed by atoms with van der Waals surface area (Å²) in [6.45, 7) is 3.91. The normalized spacial score (nSPS) is 9.67. The number of amidine groups is 1. The lowest BCUT2D eigenvalue weighted by Gasteiger charge is -2.18. The standard InChI is InChI=1S/C7H16N4O/c1-5(2)10-7(12)11(3)4-6(8)9/h5H,4H2,1-3H3,(H3,8,9)(H,10,12). The van der Waals surface area contributed by atoms with Crippen LogP contribution in [0, 0.1) is 5.41 Å². The zero-order chi connectivity index (χ0) is 9.72. The van der Waals surface area contributed by atoms with Crippen LogP contribution in [0.15, 0.2) is 0 Å². The van der Waals surface area contributed by atoms with Crippen molar-refractivity contribution in [1.29, 1.82) is 5.41 Å². The molecular weight excluding hydrogens is 156 g/mol. The maximum atomic E-state index is 11.2. The summed E-state index contributed by atoms with van der Waals surface area (Å²) in [6.07, 6.45) is 0. The third kappa shape index (κ3) is 4.54.